The number of rotatable bonds is 10. The topological polar surface area (TPSA) is 144 Å². The highest BCUT2D eigenvalue weighted by molar-refractivity contribution is 7.91. The minimum absolute atomic E-state index is 0.0224. The Bertz CT molecular complexity index is 1300. The summed E-state index contributed by atoms with van der Waals surface area (Å²) in [5, 5.41) is 7.52. The molecule has 0 N–H and O–H groups in total. The Hall–Kier alpha value is -2.97. The molecule has 0 amide bonds. The fourth-order valence-electron chi connectivity index (χ4n) is 3.97. The van der Waals surface area contributed by atoms with Gasteiger partial charge in [-0.15, -0.1) is 10.2 Å². The number of alkyl halides is 1. The standard InChI is InChI=1S/C21H25ClFN7O5S/c1-11(17(33-2)18-24-7-12(22)8-25-18)36(31,32)9-15-28-29-19(13-5-6-14(13)23)30(15)16-20(34-3)26-10-27-21(16)35-4/h7-8,10-11,13-14,17H,5-6,9H2,1-4H3/t11-,13-,14+,17-/m0/s1. The third-order valence-corrected chi connectivity index (χ3v) is 8.35. The summed E-state index contributed by atoms with van der Waals surface area (Å²) in [5.41, 5.74) is 0.184. The first-order valence-corrected chi connectivity index (χ1v) is 13.0. The largest absolute Gasteiger partial charge is 0.479 e. The summed E-state index contributed by atoms with van der Waals surface area (Å²) < 4.78 is 59.2. The van der Waals surface area contributed by atoms with Crippen LogP contribution in [0.5, 0.6) is 11.8 Å². The number of halogens is 2. The van der Waals surface area contributed by atoms with Gasteiger partial charge in [-0.1, -0.05) is 11.6 Å². The zero-order chi connectivity index (χ0) is 26.0. The van der Waals surface area contributed by atoms with Crippen LogP contribution in [0.4, 0.5) is 4.39 Å². The van der Waals surface area contributed by atoms with Crippen molar-refractivity contribution in [2.75, 3.05) is 21.3 Å². The number of hydrogen-bond acceptors (Lipinski definition) is 11. The van der Waals surface area contributed by atoms with Crippen molar-refractivity contribution in [2.45, 2.75) is 49.0 Å². The number of methoxy groups -OCH3 is 3. The average molecular weight is 542 g/mol. The second-order valence-electron chi connectivity index (χ2n) is 8.18. The Morgan fingerprint density at radius 1 is 1.08 bits per heavy atom. The van der Waals surface area contributed by atoms with Gasteiger partial charge in [-0.25, -0.2) is 22.8 Å². The highest BCUT2D eigenvalue weighted by atomic mass is 35.5. The van der Waals surface area contributed by atoms with E-state index in [0.29, 0.717) is 17.9 Å². The third kappa shape index (κ3) is 4.84. The van der Waals surface area contributed by atoms with Gasteiger partial charge in [0.1, 0.15) is 30.2 Å². The first-order valence-electron chi connectivity index (χ1n) is 10.9. The lowest BCUT2D eigenvalue weighted by molar-refractivity contribution is 0.0948. The molecule has 0 saturated heterocycles. The lowest BCUT2D eigenvalue weighted by atomic mass is 9.82. The second-order valence-corrected chi connectivity index (χ2v) is 11.0. The van der Waals surface area contributed by atoms with Crippen LogP contribution < -0.4 is 9.47 Å². The lowest BCUT2D eigenvalue weighted by Crippen LogP contribution is -2.31. The van der Waals surface area contributed by atoms with Crippen LogP contribution in [0.3, 0.4) is 0 Å². The lowest BCUT2D eigenvalue weighted by Gasteiger charge is -2.30. The number of ether oxygens (including phenoxy) is 3. The first-order chi connectivity index (χ1) is 17.2. The maximum absolute atomic E-state index is 14.4. The van der Waals surface area contributed by atoms with Crippen molar-refractivity contribution in [1.82, 2.24) is 34.7 Å². The van der Waals surface area contributed by atoms with E-state index in [-0.39, 0.29) is 34.9 Å². The van der Waals surface area contributed by atoms with Gasteiger partial charge in [0.15, 0.2) is 27.2 Å². The molecule has 3 heterocycles. The predicted octanol–water partition coefficient (Wildman–Crippen LogP) is 2.42. The van der Waals surface area contributed by atoms with Crippen LogP contribution in [-0.4, -0.2) is 75.9 Å². The predicted molar refractivity (Wildman–Crippen MR) is 126 cm³/mol. The number of aromatic nitrogens is 7. The van der Waals surface area contributed by atoms with E-state index >= 15 is 0 Å². The Morgan fingerprint density at radius 3 is 2.22 bits per heavy atom. The molecule has 194 valence electrons. The van der Waals surface area contributed by atoms with E-state index in [1.165, 1.54) is 51.5 Å². The number of hydrogen-bond donors (Lipinski definition) is 0. The van der Waals surface area contributed by atoms with Crippen LogP contribution in [0.25, 0.3) is 5.69 Å². The van der Waals surface area contributed by atoms with Crippen molar-refractivity contribution < 1.29 is 27.0 Å². The number of nitrogens with zero attached hydrogens (tertiary/aromatic N) is 7. The quantitative estimate of drug-likeness (QED) is 0.373. The molecule has 1 aliphatic rings. The fraction of sp³-hybridized carbons (Fsp3) is 0.524. The van der Waals surface area contributed by atoms with Crippen LogP contribution in [0.1, 0.15) is 49.3 Å². The molecular weight excluding hydrogens is 517 g/mol. The fourth-order valence-corrected chi connectivity index (χ4v) is 5.49. The van der Waals surface area contributed by atoms with Gasteiger partial charge in [0.05, 0.1) is 30.4 Å². The highest BCUT2D eigenvalue weighted by Gasteiger charge is 2.40. The van der Waals surface area contributed by atoms with Gasteiger partial charge in [0.2, 0.25) is 11.8 Å². The molecular formula is C21H25ClFN7O5S. The molecule has 4 atom stereocenters. The maximum atomic E-state index is 14.4. The molecule has 1 aliphatic carbocycles. The van der Waals surface area contributed by atoms with Crippen molar-refractivity contribution >= 4 is 21.4 Å². The highest BCUT2D eigenvalue weighted by Crippen LogP contribution is 2.42. The van der Waals surface area contributed by atoms with Crippen LogP contribution >= 0.6 is 11.6 Å². The SMILES string of the molecule is COc1ncnc(OC)c1-n1c(CS(=O)(=O)[C@@H](C)[C@H](OC)c2ncc(Cl)cn2)nnc1[C@H]1CC[C@H]1F. The van der Waals surface area contributed by atoms with E-state index in [2.05, 4.69) is 30.1 Å². The van der Waals surface area contributed by atoms with Gasteiger partial charge in [0, 0.05) is 19.5 Å². The summed E-state index contributed by atoms with van der Waals surface area (Å²) in [6.07, 6.45) is 2.74. The molecule has 1 fully saturated rings. The van der Waals surface area contributed by atoms with Crippen LogP contribution in [-0.2, 0) is 20.3 Å². The van der Waals surface area contributed by atoms with Gasteiger partial charge < -0.3 is 14.2 Å². The molecule has 15 heteroatoms. The van der Waals surface area contributed by atoms with E-state index in [1.54, 1.807) is 0 Å². The molecule has 0 spiro atoms. The smallest absolute Gasteiger partial charge is 0.245 e. The van der Waals surface area contributed by atoms with Gasteiger partial charge in [-0.3, -0.25) is 4.57 Å². The average Bonchev–Trinajstić information content (AvgIpc) is 3.24. The second kappa shape index (κ2) is 10.6. The van der Waals surface area contributed by atoms with Crippen molar-refractivity contribution in [3.05, 3.63) is 41.2 Å². The van der Waals surface area contributed by atoms with Gasteiger partial charge in [0.25, 0.3) is 0 Å². The molecule has 0 unspecified atom stereocenters. The minimum atomic E-state index is -3.94. The molecule has 0 radical (unpaired) electrons. The summed E-state index contributed by atoms with van der Waals surface area (Å²) in [4.78, 5) is 16.4. The molecule has 0 bridgehead atoms. The normalized spacial score (nSPS) is 19.4. The van der Waals surface area contributed by atoms with Crippen molar-refractivity contribution in [2.24, 2.45) is 0 Å². The molecule has 12 nitrogen and oxygen atoms in total. The van der Waals surface area contributed by atoms with Crippen LogP contribution in [0, 0.1) is 0 Å². The van der Waals surface area contributed by atoms with Crippen LogP contribution in [0.2, 0.25) is 5.02 Å². The van der Waals surface area contributed by atoms with Crippen molar-refractivity contribution in [3.63, 3.8) is 0 Å². The summed E-state index contributed by atoms with van der Waals surface area (Å²) in [6.45, 7) is 1.49. The van der Waals surface area contributed by atoms with Crippen molar-refractivity contribution in [1.29, 1.82) is 0 Å². The molecule has 3 aromatic heterocycles. The summed E-state index contributed by atoms with van der Waals surface area (Å²) in [7, 11) is 0.207. The van der Waals surface area contributed by atoms with Gasteiger partial charge in [-0.2, -0.15) is 9.97 Å². The first kappa shape index (κ1) is 26.1. The third-order valence-electron chi connectivity index (χ3n) is 6.11. The Kier molecular flexibility index (Phi) is 7.66. The van der Waals surface area contributed by atoms with Crippen LogP contribution in [0.15, 0.2) is 18.7 Å². The van der Waals surface area contributed by atoms with Gasteiger partial charge >= 0.3 is 0 Å². The molecule has 4 rings (SSSR count). The van der Waals surface area contributed by atoms with E-state index < -0.39 is 39.0 Å². The molecule has 0 aromatic carbocycles. The van der Waals surface area contributed by atoms with Gasteiger partial charge in [-0.05, 0) is 19.8 Å². The van der Waals surface area contributed by atoms with E-state index in [9.17, 15) is 12.8 Å². The summed E-state index contributed by atoms with van der Waals surface area (Å²) in [6, 6.07) is 0. The molecule has 3 aromatic rings. The molecule has 36 heavy (non-hydrogen) atoms. The monoisotopic (exact) mass is 541 g/mol. The summed E-state index contributed by atoms with van der Waals surface area (Å²) in [5.74, 6) is -0.525. The van der Waals surface area contributed by atoms with E-state index in [0.717, 1.165) is 0 Å². The molecule has 1 saturated carbocycles. The zero-order valence-electron chi connectivity index (χ0n) is 20.0. The van der Waals surface area contributed by atoms with E-state index in [4.69, 9.17) is 25.8 Å². The Morgan fingerprint density at radius 2 is 1.72 bits per heavy atom. The maximum Gasteiger partial charge on any atom is 0.245 e. The zero-order valence-corrected chi connectivity index (χ0v) is 21.6. The Balaban J connectivity index is 1.78. The Labute approximate surface area is 212 Å². The van der Waals surface area contributed by atoms with Crippen molar-refractivity contribution in [3.8, 4) is 17.4 Å². The minimum Gasteiger partial charge on any atom is -0.479 e. The number of sulfone groups is 1. The summed E-state index contributed by atoms with van der Waals surface area (Å²) >= 11 is 5.86. The van der Waals surface area contributed by atoms with E-state index in [1.807, 2.05) is 0 Å². The molecule has 0 aliphatic heterocycles.